The smallest absolute Gasteiger partial charge is 0.268 e. The molecule has 1 aromatic carbocycles. The van der Waals surface area contributed by atoms with Crippen molar-refractivity contribution in [1.82, 2.24) is 9.97 Å². The van der Waals surface area contributed by atoms with Gasteiger partial charge in [-0.3, -0.25) is 4.79 Å². The molecule has 1 amide bonds. The zero-order chi connectivity index (χ0) is 12.6. The summed E-state index contributed by atoms with van der Waals surface area (Å²) in [5.74, 6) is -0.525. The van der Waals surface area contributed by atoms with Gasteiger partial charge in [0.1, 0.15) is 12.0 Å². The minimum atomic E-state index is -0.525. The van der Waals surface area contributed by atoms with E-state index in [9.17, 15) is 4.79 Å². The van der Waals surface area contributed by atoms with E-state index in [2.05, 4.69) is 30.7 Å². The largest absolute Gasteiger partial charge is 0.364 e. The summed E-state index contributed by atoms with van der Waals surface area (Å²) in [6.07, 6.45) is 1.36. The first-order chi connectivity index (χ1) is 7.89. The van der Waals surface area contributed by atoms with Crippen molar-refractivity contribution < 1.29 is 4.79 Å². The van der Waals surface area contributed by atoms with Crippen LogP contribution >= 0.6 is 0 Å². The van der Waals surface area contributed by atoms with Crippen molar-refractivity contribution in [1.29, 1.82) is 0 Å². The number of aromatic nitrogens is 2. The highest BCUT2D eigenvalue weighted by Gasteiger charge is 2.16. The molecule has 88 valence electrons. The van der Waals surface area contributed by atoms with Crippen molar-refractivity contribution in [2.75, 3.05) is 0 Å². The number of hydrogen-bond donors (Lipinski definition) is 1. The zero-order valence-corrected chi connectivity index (χ0v) is 10.2. The summed E-state index contributed by atoms with van der Waals surface area (Å²) in [4.78, 5) is 19.4. The third-order valence-electron chi connectivity index (χ3n) is 2.73. The second-order valence-corrected chi connectivity index (χ2v) is 5.07. The number of carbonyl (C=O) groups is 1. The van der Waals surface area contributed by atoms with Gasteiger partial charge in [-0.05, 0) is 23.1 Å². The summed E-state index contributed by atoms with van der Waals surface area (Å²) in [5.41, 5.74) is 7.47. The fourth-order valence-corrected chi connectivity index (χ4v) is 1.72. The maximum absolute atomic E-state index is 11.3. The minimum absolute atomic E-state index is 0.0128. The molecule has 0 radical (unpaired) electrons. The molecule has 2 rings (SSSR count). The summed E-state index contributed by atoms with van der Waals surface area (Å²) in [7, 11) is 0. The summed E-state index contributed by atoms with van der Waals surface area (Å²) < 4.78 is 0. The summed E-state index contributed by atoms with van der Waals surface area (Å²) in [6, 6.07) is 5.85. The summed E-state index contributed by atoms with van der Waals surface area (Å²) >= 11 is 0. The molecular formula is C13H15N3O. The van der Waals surface area contributed by atoms with E-state index in [0.717, 1.165) is 11.1 Å². The maximum atomic E-state index is 11.3. The molecule has 0 saturated heterocycles. The molecule has 2 N–H and O–H groups in total. The van der Waals surface area contributed by atoms with Crippen LogP contribution in [0.25, 0.3) is 10.9 Å². The fourth-order valence-electron chi connectivity index (χ4n) is 1.72. The Balaban J connectivity index is 2.75. The van der Waals surface area contributed by atoms with E-state index in [4.69, 9.17) is 5.73 Å². The monoisotopic (exact) mass is 229 g/mol. The molecule has 4 heteroatoms. The number of nitrogens with zero attached hydrogens (tertiary/aromatic N) is 2. The molecule has 0 atom stereocenters. The molecule has 1 aromatic heterocycles. The van der Waals surface area contributed by atoms with E-state index in [-0.39, 0.29) is 11.1 Å². The van der Waals surface area contributed by atoms with Gasteiger partial charge in [0.25, 0.3) is 5.91 Å². The van der Waals surface area contributed by atoms with Gasteiger partial charge in [-0.1, -0.05) is 26.8 Å². The molecule has 0 saturated carbocycles. The van der Waals surface area contributed by atoms with E-state index in [1.54, 1.807) is 0 Å². The lowest BCUT2D eigenvalue weighted by atomic mass is 9.86. The lowest BCUT2D eigenvalue weighted by Gasteiger charge is -2.19. The molecule has 0 aliphatic rings. The van der Waals surface area contributed by atoms with Gasteiger partial charge >= 0.3 is 0 Å². The maximum Gasteiger partial charge on any atom is 0.268 e. The van der Waals surface area contributed by atoms with Crippen molar-refractivity contribution in [3.63, 3.8) is 0 Å². The molecule has 0 aliphatic carbocycles. The fraction of sp³-hybridized carbons (Fsp3) is 0.308. The van der Waals surface area contributed by atoms with Gasteiger partial charge in [-0.2, -0.15) is 0 Å². The Labute approximate surface area is 99.9 Å². The molecule has 17 heavy (non-hydrogen) atoms. The van der Waals surface area contributed by atoms with Crippen LogP contribution in [0, 0.1) is 0 Å². The number of fused-ring (bicyclic) bond motifs is 1. The Morgan fingerprint density at radius 2 is 1.94 bits per heavy atom. The van der Waals surface area contributed by atoms with Gasteiger partial charge < -0.3 is 5.73 Å². The average molecular weight is 229 g/mol. The summed E-state index contributed by atoms with van der Waals surface area (Å²) in [6.45, 7) is 6.34. The number of nitrogens with two attached hydrogens (primary N) is 1. The van der Waals surface area contributed by atoms with Crippen LogP contribution in [-0.2, 0) is 5.41 Å². The van der Waals surface area contributed by atoms with E-state index < -0.39 is 5.91 Å². The number of rotatable bonds is 1. The standard InChI is InChI=1S/C13H15N3O/c1-13(2,3)8-4-5-10-9(6-8)11(12(14)17)16-7-15-10/h4-7H,1-3H3,(H2,14,17). The normalized spacial score (nSPS) is 11.7. The Bertz CT molecular complexity index is 585. The number of primary amides is 1. The molecule has 0 aliphatic heterocycles. The van der Waals surface area contributed by atoms with E-state index in [1.165, 1.54) is 6.33 Å². The van der Waals surface area contributed by atoms with Crippen LogP contribution in [0.2, 0.25) is 0 Å². The molecule has 0 fully saturated rings. The van der Waals surface area contributed by atoms with Crippen molar-refractivity contribution in [2.24, 2.45) is 5.73 Å². The third kappa shape index (κ3) is 2.11. The first kappa shape index (κ1) is 11.5. The first-order valence-electron chi connectivity index (χ1n) is 5.44. The second-order valence-electron chi connectivity index (χ2n) is 5.07. The number of hydrogen-bond acceptors (Lipinski definition) is 3. The van der Waals surface area contributed by atoms with Crippen LogP contribution in [0.3, 0.4) is 0 Å². The van der Waals surface area contributed by atoms with Gasteiger partial charge in [-0.15, -0.1) is 0 Å². The van der Waals surface area contributed by atoms with E-state index >= 15 is 0 Å². The Hall–Kier alpha value is -1.97. The highest BCUT2D eigenvalue weighted by Crippen LogP contribution is 2.26. The number of carbonyl (C=O) groups excluding carboxylic acids is 1. The Morgan fingerprint density at radius 1 is 1.24 bits per heavy atom. The van der Waals surface area contributed by atoms with Crippen LogP contribution in [0.5, 0.6) is 0 Å². The van der Waals surface area contributed by atoms with Crippen LogP contribution in [0.4, 0.5) is 0 Å². The van der Waals surface area contributed by atoms with Crippen LogP contribution < -0.4 is 5.73 Å². The SMILES string of the molecule is CC(C)(C)c1ccc2ncnc(C(N)=O)c2c1. The lowest BCUT2D eigenvalue weighted by molar-refractivity contribution is 0.0997. The minimum Gasteiger partial charge on any atom is -0.364 e. The Morgan fingerprint density at radius 3 is 2.53 bits per heavy atom. The van der Waals surface area contributed by atoms with Crippen molar-refractivity contribution >= 4 is 16.8 Å². The van der Waals surface area contributed by atoms with Crippen LogP contribution in [0.15, 0.2) is 24.5 Å². The predicted molar refractivity (Wildman–Crippen MR) is 66.8 cm³/mol. The quantitative estimate of drug-likeness (QED) is 0.813. The molecule has 2 aromatic rings. The van der Waals surface area contributed by atoms with Gasteiger partial charge in [0.2, 0.25) is 0 Å². The van der Waals surface area contributed by atoms with Crippen LogP contribution in [0.1, 0.15) is 36.8 Å². The second kappa shape index (κ2) is 3.80. The van der Waals surface area contributed by atoms with E-state index in [1.807, 2.05) is 18.2 Å². The first-order valence-corrected chi connectivity index (χ1v) is 5.44. The number of benzene rings is 1. The lowest BCUT2D eigenvalue weighted by Crippen LogP contribution is -2.15. The molecule has 4 nitrogen and oxygen atoms in total. The van der Waals surface area contributed by atoms with E-state index in [0.29, 0.717) is 5.39 Å². The third-order valence-corrected chi connectivity index (χ3v) is 2.73. The highest BCUT2D eigenvalue weighted by molar-refractivity contribution is 6.03. The molecule has 0 bridgehead atoms. The van der Waals surface area contributed by atoms with Gasteiger partial charge in [0.15, 0.2) is 0 Å². The molecule has 0 unspecified atom stereocenters. The number of amides is 1. The molecule has 1 heterocycles. The Kier molecular flexibility index (Phi) is 2.58. The van der Waals surface area contributed by atoms with Gasteiger partial charge in [0.05, 0.1) is 5.52 Å². The highest BCUT2D eigenvalue weighted by atomic mass is 16.1. The zero-order valence-electron chi connectivity index (χ0n) is 10.2. The van der Waals surface area contributed by atoms with Crippen LogP contribution in [-0.4, -0.2) is 15.9 Å². The topological polar surface area (TPSA) is 68.9 Å². The average Bonchev–Trinajstić information content (AvgIpc) is 2.26. The van der Waals surface area contributed by atoms with Crippen molar-refractivity contribution in [3.05, 3.63) is 35.8 Å². The van der Waals surface area contributed by atoms with Gasteiger partial charge in [-0.25, -0.2) is 9.97 Å². The van der Waals surface area contributed by atoms with Crippen molar-refractivity contribution in [2.45, 2.75) is 26.2 Å². The summed E-state index contributed by atoms with van der Waals surface area (Å²) in [5, 5.41) is 0.715. The molecular weight excluding hydrogens is 214 g/mol. The van der Waals surface area contributed by atoms with Gasteiger partial charge in [0, 0.05) is 5.39 Å². The molecule has 0 spiro atoms. The predicted octanol–water partition coefficient (Wildman–Crippen LogP) is 2.03. The van der Waals surface area contributed by atoms with Crippen molar-refractivity contribution in [3.8, 4) is 0 Å².